The smallest absolute Gasteiger partial charge is 0.432 e. The molecule has 1 aromatic carbocycles. The fraction of sp³-hybridized carbons (Fsp3) is 0.556. The monoisotopic (exact) mass is 494 g/mol. The average molecular weight is 495 g/mol. The van der Waals surface area contributed by atoms with E-state index in [1.807, 2.05) is 6.08 Å². The number of allylic oxidation sites excluding steroid dienone is 3. The average Bonchev–Trinajstić information content (AvgIpc) is 2.77. The molecule has 1 aromatic rings. The molecule has 5 atom stereocenters. The predicted molar refractivity (Wildman–Crippen MR) is 124 cm³/mol. The molecule has 3 rings (SSSR count). The molecule has 0 aliphatic heterocycles. The third-order valence-electron chi connectivity index (χ3n) is 7.44. The summed E-state index contributed by atoms with van der Waals surface area (Å²) in [5.41, 5.74) is -2.20. The van der Waals surface area contributed by atoms with Crippen LogP contribution in [0.1, 0.15) is 58.9 Å². The minimum Gasteiger partial charge on any atom is -0.455 e. The van der Waals surface area contributed by atoms with Crippen LogP contribution in [0.25, 0.3) is 0 Å². The number of fused-ring (bicyclic) bond motifs is 1. The lowest BCUT2D eigenvalue weighted by Gasteiger charge is -2.43. The summed E-state index contributed by atoms with van der Waals surface area (Å²) in [5.74, 6) is -1.87. The van der Waals surface area contributed by atoms with Crippen LogP contribution in [-0.2, 0) is 29.4 Å². The number of methoxy groups -OCH3 is 1. The van der Waals surface area contributed by atoms with Crippen molar-refractivity contribution in [2.75, 3.05) is 7.11 Å². The van der Waals surface area contributed by atoms with E-state index in [-0.39, 0.29) is 11.8 Å². The molecule has 0 fully saturated rings. The summed E-state index contributed by atoms with van der Waals surface area (Å²) in [6.45, 7) is 7.26. The Morgan fingerprint density at radius 2 is 1.74 bits per heavy atom. The van der Waals surface area contributed by atoms with E-state index in [0.29, 0.717) is 17.9 Å². The van der Waals surface area contributed by atoms with Crippen molar-refractivity contribution in [1.29, 1.82) is 0 Å². The summed E-state index contributed by atoms with van der Waals surface area (Å²) >= 11 is 0. The molecular weight excluding hydrogens is 461 g/mol. The van der Waals surface area contributed by atoms with E-state index in [1.54, 1.807) is 13.0 Å². The normalized spacial score (nSPS) is 30.3. The number of alkyl halides is 3. The van der Waals surface area contributed by atoms with Crippen LogP contribution >= 0.6 is 0 Å². The van der Waals surface area contributed by atoms with E-state index in [4.69, 9.17) is 14.2 Å². The van der Waals surface area contributed by atoms with Crippen LogP contribution in [-0.4, -0.2) is 37.4 Å². The molecule has 5 nitrogen and oxygen atoms in total. The fourth-order valence-corrected chi connectivity index (χ4v) is 5.32. The molecule has 35 heavy (non-hydrogen) atoms. The number of hydrogen-bond donors (Lipinski definition) is 0. The molecule has 0 spiro atoms. The molecule has 2 aliphatic carbocycles. The summed E-state index contributed by atoms with van der Waals surface area (Å²) in [7, 11) is 0.828. The molecule has 0 radical (unpaired) electrons. The van der Waals surface area contributed by atoms with Crippen LogP contribution in [0, 0.1) is 11.3 Å². The number of ether oxygens (including phenoxy) is 3. The molecule has 0 amide bonds. The van der Waals surface area contributed by atoms with E-state index in [1.165, 1.54) is 31.2 Å². The van der Waals surface area contributed by atoms with Gasteiger partial charge in [0.25, 0.3) is 5.60 Å². The molecule has 0 saturated heterocycles. The van der Waals surface area contributed by atoms with E-state index < -0.39 is 41.5 Å². The molecule has 2 aliphatic rings. The molecule has 8 heteroatoms. The van der Waals surface area contributed by atoms with Crippen molar-refractivity contribution in [3.05, 3.63) is 59.2 Å². The van der Waals surface area contributed by atoms with Gasteiger partial charge in [-0.3, -0.25) is 4.79 Å². The van der Waals surface area contributed by atoms with Crippen molar-refractivity contribution in [1.82, 2.24) is 0 Å². The van der Waals surface area contributed by atoms with E-state index in [0.717, 1.165) is 25.5 Å². The van der Waals surface area contributed by atoms with Crippen molar-refractivity contribution < 1.29 is 37.0 Å². The second-order valence-electron chi connectivity index (χ2n) is 9.64. The van der Waals surface area contributed by atoms with Gasteiger partial charge in [-0.2, -0.15) is 13.2 Å². The Bertz CT molecular complexity index is 1000. The van der Waals surface area contributed by atoms with Crippen LogP contribution < -0.4 is 0 Å². The van der Waals surface area contributed by atoms with Crippen LogP contribution in [0.4, 0.5) is 13.2 Å². The molecule has 0 aromatic heterocycles. The van der Waals surface area contributed by atoms with Crippen LogP contribution in [0.2, 0.25) is 0 Å². The molecular formula is C27H33F3O5. The molecule has 0 saturated carbocycles. The first-order valence-electron chi connectivity index (χ1n) is 11.8. The Morgan fingerprint density at radius 3 is 2.31 bits per heavy atom. The zero-order valence-corrected chi connectivity index (χ0v) is 20.8. The molecule has 192 valence electrons. The number of halogens is 3. The van der Waals surface area contributed by atoms with Crippen molar-refractivity contribution in [2.24, 2.45) is 11.3 Å². The highest BCUT2D eigenvalue weighted by Crippen LogP contribution is 2.48. The molecule has 0 bridgehead atoms. The zero-order chi connectivity index (χ0) is 26.0. The SMILES string of the molecule is CO[C@@](C(=O)O[C@H]1CCC2=CCC[C@H](C)[C@@]2(C)/C=C(/C)[C@@H]1OC(C)=O)(c1ccccc1)C(F)(F)F. The topological polar surface area (TPSA) is 61.8 Å². The number of carbonyl (C=O) groups is 2. The van der Waals surface area contributed by atoms with Crippen LogP contribution in [0.3, 0.4) is 0 Å². The van der Waals surface area contributed by atoms with Gasteiger partial charge >= 0.3 is 18.1 Å². The first-order chi connectivity index (χ1) is 16.4. The molecule has 0 heterocycles. The Balaban J connectivity index is 2.05. The van der Waals surface area contributed by atoms with Crippen molar-refractivity contribution in [3.63, 3.8) is 0 Å². The Morgan fingerprint density at radius 1 is 1.09 bits per heavy atom. The van der Waals surface area contributed by atoms with Gasteiger partial charge in [0.05, 0.1) is 0 Å². The van der Waals surface area contributed by atoms with Gasteiger partial charge in [-0.25, -0.2) is 4.79 Å². The summed E-state index contributed by atoms with van der Waals surface area (Å²) in [5, 5.41) is 0. The van der Waals surface area contributed by atoms with Gasteiger partial charge in [0.15, 0.2) is 6.10 Å². The van der Waals surface area contributed by atoms with Crippen LogP contribution in [0.15, 0.2) is 53.6 Å². The van der Waals surface area contributed by atoms with Gasteiger partial charge in [0.2, 0.25) is 0 Å². The first kappa shape index (κ1) is 27.0. The molecule has 0 unspecified atom stereocenters. The number of benzene rings is 1. The van der Waals surface area contributed by atoms with Crippen molar-refractivity contribution in [3.8, 4) is 0 Å². The van der Waals surface area contributed by atoms with Gasteiger partial charge in [0, 0.05) is 25.0 Å². The van der Waals surface area contributed by atoms with Crippen molar-refractivity contribution in [2.45, 2.75) is 77.4 Å². The second kappa shape index (κ2) is 10.2. The quantitative estimate of drug-likeness (QED) is 0.369. The standard InChI is InChI=1S/C27H33F3O5/c1-17-16-25(4)18(2)10-9-13-20(25)14-15-22(23(17)34-19(3)31)35-24(32)26(33-5,27(28,29)30)21-11-7-6-8-12-21/h6-8,11-13,16,18,22-23H,9-10,14-15H2,1-5H3/b17-16-/t18-,22-,23-,25+,26+/m0/s1. The lowest BCUT2D eigenvalue weighted by Crippen LogP contribution is -2.53. The predicted octanol–water partition coefficient (Wildman–Crippen LogP) is 6.04. The number of esters is 2. The summed E-state index contributed by atoms with van der Waals surface area (Å²) in [6, 6.07) is 6.67. The van der Waals surface area contributed by atoms with Gasteiger partial charge in [-0.15, -0.1) is 0 Å². The van der Waals surface area contributed by atoms with Gasteiger partial charge in [-0.05, 0) is 44.1 Å². The first-order valence-corrected chi connectivity index (χ1v) is 11.8. The van der Waals surface area contributed by atoms with Gasteiger partial charge in [0.1, 0.15) is 6.10 Å². The number of carbonyl (C=O) groups excluding carboxylic acids is 2. The highest BCUT2D eigenvalue weighted by atomic mass is 19.4. The van der Waals surface area contributed by atoms with Gasteiger partial charge in [-0.1, -0.05) is 61.9 Å². The Hall–Kier alpha value is -2.61. The van der Waals surface area contributed by atoms with Gasteiger partial charge < -0.3 is 14.2 Å². The highest BCUT2D eigenvalue weighted by molar-refractivity contribution is 5.83. The lowest BCUT2D eigenvalue weighted by molar-refractivity contribution is -0.279. The van der Waals surface area contributed by atoms with Crippen molar-refractivity contribution >= 4 is 11.9 Å². The summed E-state index contributed by atoms with van der Waals surface area (Å²) < 4.78 is 59.1. The summed E-state index contributed by atoms with van der Waals surface area (Å²) in [4.78, 5) is 25.2. The Kier molecular flexibility index (Phi) is 7.84. The minimum absolute atomic E-state index is 0.204. The van der Waals surface area contributed by atoms with E-state index in [2.05, 4.69) is 19.9 Å². The third-order valence-corrected chi connectivity index (χ3v) is 7.44. The molecule has 0 N–H and O–H groups in total. The van der Waals surface area contributed by atoms with E-state index >= 15 is 0 Å². The Labute approximate surface area is 204 Å². The largest absolute Gasteiger partial charge is 0.455 e. The highest BCUT2D eigenvalue weighted by Gasteiger charge is 2.64. The maximum absolute atomic E-state index is 14.4. The van der Waals surface area contributed by atoms with Crippen LogP contribution in [0.5, 0.6) is 0 Å². The minimum atomic E-state index is -5.09. The summed E-state index contributed by atoms with van der Waals surface area (Å²) in [6.07, 6.45) is -0.440. The maximum Gasteiger partial charge on any atom is 0.432 e. The maximum atomic E-state index is 14.4. The fourth-order valence-electron chi connectivity index (χ4n) is 5.32. The van der Waals surface area contributed by atoms with E-state index in [9.17, 15) is 22.8 Å². The second-order valence-corrected chi connectivity index (χ2v) is 9.64. The zero-order valence-electron chi connectivity index (χ0n) is 20.8. The number of rotatable bonds is 5. The lowest BCUT2D eigenvalue weighted by atomic mass is 9.64. The number of hydrogen-bond acceptors (Lipinski definition) is 5. The third kappa shape index (κ3) is 5.03.